The van der Waals surface area contributed by atoms with Gasteiger partial charge in [-0.3, -0.25) is 9.69 Å². The molecular formula is C17H26N4O3S. The van der Waals surface area contributed by atoms with Gasteiger partial charge in [0.1, 0.15) is 5.82 Å². The van der Waals surface area contributed by atoms with Crippen LogP contribution in [0.25, 0.3) is 0 Å². The fourth-order valence-corrected chi connectivity index (χ4v) is 5.75. The second kappa shape index (κ2) is 7.37. The summed E-state index contributed by atoms with van der Waals surface area (Å²) in [6, 6.07) is -0.361. The van der Waals surface area contributed by atoms with Gasteiger partial charge in [-0.25, -0.2) is 18.4 Å². The lowest BCUT2D eigenvalue weighted by Crippen LogP contribution is -2.60. The summed E-state index contributed by atoms with van der Waals surface area (Å²) in [5.41, 5.74) is 0.972. The monoisotopic (exact) mass is 366 g/mol. The number of hydrogen-bond donors (Lipinski definition) is 0. The molecule has 2 aliphatic heterocycles. The zero-order valence-corrected chi connectivity index (χ0v) is 15.7. The number of amides is 1. The van der Waals surface area contributed by atoms with Crippen LogP contribution < -0.4 is 0 Å². The van der Waals surface area contributed by atoms with E-state index in [0.29, 0.717) is 26.1 Å². The minimum atomic E-state index is -3.11. The lowest BCUT2D eigenvalue weighted by atomic mass is 10.0. The lowest BCUT2D eigenvalue weighted by Gasteiger charge is -2.44. The van der Waals surface area contributed by atoms with Crippen LogP contribution in [-0.4, -0.2) is 70.8 Å². The normalized spacial score (nSPS) is 25.8. The van der Waals surface area contributed by atoms with Crippen molar-refractivity contribution in [3.63, 3.8) is 0 Å². The first-order chi connectivity index (χ1) is 11.9. The Morgan fingerprint density at radius 2 is 1.88 bits per heavy atom. The molecule has 25 heavy (non-hydrogen) atoms. The molecule has 2 aliphatic rings. The van der Waals surface area contributed by atoms with Crippen LogP contribution in [0.2, 0.25) is 0 Å². The molecule has 0 aliphatic carbocycles. The molecule has 1 amide bonds. The molecule has 3 heterocycles. The van der Waals surface area contributed by atoms with Crippen LogP contribution in [-0.2, 0) is 21.2 Å². The number of unbranched alkanes of at least 4 members (excludes halogenated alkanes) is 1. The van der Waals surface area contributed by atoms with Gasteiger partial charge in [-0.05, 0) is 13.3 Å². The van der Waals surface area contributed by atoms with E-state index in [2.05, 4.69) is 21.8 Å². The molecule has 8 heteroatoms. The molecule has 1 aromatic heterocycles. The first kappa shape index (κ1) is 18.3. The van der Waals surface area contributed by atoms with Gasteiger partial charge >= 0.3 is 0 Å². The highest BCUT2D eigenvalue weighted by Crippen LogP contribution is 2.28. The average molecular weight is 366 g/mol. The highest BCUT2D eigenvalue weighted by Gasteiger charge is 2.47. The van der Waals surface area contributed by atoms with E-state index < -0.39 is 9.84 Å². The van der Waals surface area contributed by atoms with Crippen LogP contribution in [0.5, 0.6) is 0 Å². The molecule has 2 fully saturated rings. The van der Waals surface area contributed by atoms with E-state index in [1.165, 1.54) is 0 Å². The Hall–Kier alpha value is -1.54. The Morgan fingerprint density at radius 3 is 2.56 bits per heavy atom. The second-order valence-electron chi connectivity index (χ2n) is 7.01. The third-order valence-electron chi connectivity index (χ3n) is 5.08. The number of nitrogens with zero attached hydrogens (tertiary/aromatic N) is 4. The molecule has 7 nitrogen and oxygen atoms in total. The van der Waals surface area contributed by atoms with E-state index in [9.17, 15) is 13.2 Å². The molecule has 0 spiro atoms. The van der Waals surface area contributed by atoms with Crippen LogP contribution in [0.3, 0.4) is 0 Å². The number of carbonyl (C=O) groups excluding carboxylic acids is 1. The minimum absolute atomic E-state index is 0.0798. The summed E-state index contributed by atoms with van der Waals surface area (Å²) < 4.78 is 24.5. The summed E-state index contributed by atoms with van der Waals surface area (Å²) in [6.45, 7) is 5.78. The second-order valence-corrected chi connectivity index (χ2v) is 9.17. The van der Waals surface area contributed by atoms with Crippen LogP contribution in [0.15, 0.2) is 12.4 Å². The summed E-state index contributed by atoms with van der Waals surface area (Å²) in [4.78, 5) is 24.9. The van der Waals surface area contributed by atoms with Crippen molar-refractivity contribution in [2.75, 3.05) is 24.6 Å². The summed E-state index contributed by atoms with van der Waals surface area (Å²) in [5, 5.41) is 0. The Kier molecular flexibility index (Phi) is 5.38. The third kappa shape index (κ3) is 4.17. The fourth-order valence-electron chi connectivity index (χ4n) is 3.74. The molecule has 0 radical (unpaired) electrons. The minimum Gasteiger partial charge on any atom is -0.336 e. The smallest absolute Gasteiger partial charge is 0.222 e. The largest absolute Gasteiger partial charge is 0.336 e. The van der Waals surface area contributed by atoms with Crippen molar-refractivity contribution in [2.45, 2.75) is 51.7 Å². The Labute approximate surface area is 149 Å². The first-order valence-corrected chi connectivity index (χ1v) is 10.7. The standard InChI is InChI=1S/C17H26N4O3S/c1-3-4-5-17(22)21-7-6-20(10-14-8-18-13(2)19-9-14)15-11-25(23,24)12-16(15)21/h8-9,15-16H,3-7,10-12H2,1-2H3. The molecule has 1 aromatic rings. The van der Waals surface area contributed by atoms with Gasteiger partial charge in [0.2, 0.25) is 5.91 Å². The lowest BCUT2D eigenvalue weighted by molar-refractivity contribution is -0.137. The maximum absolute atomic E-state index is 12.5. The summed E-state index contributed by atoms with van der Waals surface area (Å²) in [5.74, 6) is 1.02. The molecule has 0 N–H and O–H groups in total. The Bertz CT molecular complexity index is 720. The van der Waals surface area contributed by atoms with Crippen LogP contribution in [0, 0.1) is 6.92 Å². The molecule has 0 saturated carbocycles. The first-order valence-electron chi connectivity index (χ1n) is 8.91. The molecule has 0 aromatic carbocycles. The quantitative estimate of drug-likeness (QED) is 0.766. The van der Waals surface area contributed by atoms with Crippen LogP contribution in [0.1, 0.15) is 37.6 Å². The van der Waals surface area contributed by atoms with E-state index >= 15 is 0 Å². The summed E-state index contributed by atoms with van der Waals surface area (Å²) in [7, 11) is -3.11. The van der Waals surface area contributed by atoms with E-state index in [1.54, 1.807) is 12.4 Å². The van der Waals surface area contributed by atoms with E-state index in [1.807, 2.05) is 11.8 Å². The zero-order valence-electron chi connectivity index (χ0n) is 14.9. The van der Waals surface area contributed by atoms with E-state index in [4.69, 9.17) is 0 Å². The number of sulfone groups is 1. The van der Waals surface area contributed by atoms with Crippen molar-refractivity contribution in [3.05, 3.63) is 23.8 Å². The topological polar surface area (TPSA) is 83.5 Å². The summed E-state index contributed by atoms with van der Waals surface area (Å²) >= 11 is 0. The highest BCUT2D eigenvalue weighted by molar-refractivity contribution is 7.91. The van der Waals surface area contributed by atoms with Gasteiger partial charge in [0.05, 0.1) is 17.5 Å². The van der Waals surface area contributed by atoms with E-state index in [-0.39, 0.29) is 29.5 Å². The SMILES string of the molecule is CCCCC(=O)N1CCN(Cc2cnc(C)nc2)C2CS(=O)(=O)CC21. The van der Waals surface area contributed by atoms with Crippen LogP contribution >= 0.6 is 0 Å². The Balaban J connectivity index is 1.76. The molecule has 2 unspecified atom stereocenters. The zero-order chi connectivity index (χ0) is 18.0. The number of hydrogen-bond acceptors (Lipinski definition) is 6. The highest BCUT2D eigenvalue weighted by atomic mass is 32.2. The van der Waals surface area contributed by atoms with Crippen molar-refractivity contribution in [2.24, 2.45) is 0 Å². The number of piperazine rings is 1. The maximum Gasteiger partial charge on any atom is 0.222 e. The number of aromatic nitrogens is 2. The number of aryl methyl sites for hydroxylation is 1. The molecule has 2 atom stereocenters. The molecule has 3 rings (SSSR count). The van der Waals surface area contributed by atoms with Crippen molar-refractivity contribution < 1.29 is 13.2 Å². The third-order valence-corrected chi connectivity index (χ3v) is 6.77. The maximum atomic E-state index is 12.5. The Morgan fingerprint density at radius 1 is 1.20 bits per heavy atom. The van der Waals surface area contributed by atoms with Crippen molar-refractivity contribution in [3.8, 4) is 0 Å². The van der Waals surface area contributed by atoms with Crippen molar-refractivity contribution >= 4 is 15.7 Å². The van der Waals surface area contributed by atoms with Gasteiger partial charge < -0.3 is 4.90 Å². The van der Waals surface area contributed by atoms with Crippen LogP contribution in [0.4, 0.5) is 0 Å². The summed E-state index contributed by atoms with van der Waals surface area (Å²) in [6.07, 6.45) is 5.90. The molecule has 2 saturated heterocycles. The predicted molar refractivity (Wildman–Crippen MR) is 94.6 cm³/mol. The van der Waals surface area contributed by atoms with Crippen molar-refractivity contribution in [1.82, 2.24) is 19.8 Å². The molecule has 138 valence electrons. The van der Waals surface area contributed by atoms with Gasteiger partial charge in [-0.1, -0.05) is 13.3 Å². The van der Waals surface area contributed by atoms with Crippen molar-refractivity contribution in [1.29, 1.82) is 0 Å². The fraction of sp³-hybridized carbons (Fsp3) is 0.706. The van der Waals surface area contributed by atoms with Gasteiger partial charge in [0.25, 0.3) is 0 Å². The number of carbonyl (C=O) groups is 1. The average Bonchev–Trinajstić information content (AvgIpc) is 2.90. The number of rotatable bonds is 5. The van der Waals surface area contributed by atoms with E-state index in [0.717, 1.165) is 24.2 Å². The predicted octanol–water partition coefficient (Wildman–Crippen LogP) is 0.785. The van der Waals surface area contributed by atoms with Gasteiger partial charge in [0, 0.05) is 50.1 Å². The number of fused-ring (bicyclic) bond motifs is 1. The van der Waals surface area contributed by atoms with Gasteiger partial charge in [0.15, 0.2) is 9.84 Å². The molecular weight excluding hydrogens is 340 g/mol. The van der Waals surface area contributed by atoms with Gasteiger partial charge in [-0.2, -0.15) is 0 Å². The molecule has 0 bridgehead atoms. The van der Waals surface area contributed by atoms with Gasteiger partial charge in [-0.15, -0.1) is 0 Å².